The monoisotopic (exact) mass is 426 g/mol. The van der Waals surface area contributed by atoms with E-state index < -0.39 is 0 Å². The third kappa shape index (κ3) is 3.31. The standard InChI is InChI=1S/C21H23ClN6S/c1-14-15(22)3-2-4-17(14)29-19-12-24-18(11-25-19)27-9-6-21(7-10-27)13-28-16(20(21)23)5-8-26-28/h2-5,8,11-12,20H,6-7,9-10,13,23H2,1H3/t20-/m1/s1. The fourth-order valence-corrected chi connectivity index (χ4v) is 5.51. The number of hydrogen-bond acceptors (Lipinski definition) is 6. The zero-order valence-corrected chi connectivity index (χ0v) is 17.8. The van der Waals surface area contributed by atoms with Crippen molar-refractivity contribution >= 4 is 29.2 Å². The first-order valence-electron chi connectivity index (χ1n) is 9.83. The topological polar surface area (TPSA) is 72.9 Å². The SMILES string of the molecule is Cc1c(Cl)cccc1Sc1cnc(N2CCC3(CC2)Cn2nccc2[C@H]3N)cn1. The highest BCUT2D eigenvalue weighted by Crippen LogP contribution is 2.47. The summed E-state index contributed by atoms with van der Waals surface area (Å²) in [6.07, 6.45) is 7.65. The summed E-state index contributed by atoms with van der Waals surface area (Å²) in [5, 5.41) is 6.06. The van der Waals surface area contributed by atoms with E-state index in [1.165, 1.54) is 0 Å². The van der Waals surface area contributed by atoms with Crippen molar-refractivity contribution in [2.45, 2.75) is 42.3 Å². The van der Waals surface area contributed by atoms with Crippen LogP contribution in [0.1, 0.15) is 30.1 Å². The molecule has 0 saturated carbocycles. The van der Waals surface area contributed by atoms with E-state index in [4.69, 9.17) is 17.3 Å². The third-order valence-corrected chi connectivity index (χ3v) is 7.81. The summed E-state index contributed by atoms with van der Waals surface area (Å²) in [6, 6.07) is 8.04. The molecule has 150 valence electrons. The quantitative estimate of drug-likeness (QED) is 0.680. The number of hydrogen-bond donors (Lipinski definition) is 1. The van der Waals surface area contributed by atoms with Crippen LogP contribution in [0.2, 0.25) is 5.02 Å². The molecule has 1 saturated heterocycles. The van der Waals surface area contributed by atoms with Crippen LogP contribution in [-0.4, -0.2) is 32.8 Å². The minimum atomic E-state index is 0.0675. The van der Waals surface area contributed by atoms with Gasteiger partial charge in [-0.25, -0.2) is 9.97 Å². The first kappa shape index (κ1) is 18.9. The second-order valence-corrected chi connectivity index (χ2v) is 9.39. The highest BCUT2D eigenvalue weighted by molar-refractivity contribution is 7.99. The van der Waals surface area contributed by atoms with Gasteiger partial charge >= 0.3 is 0 Å². The fourth-order valence-electron chi connectivity index (χ4n) is 4.44. The maximum Gasteiger partial charge on any atom is 0.147 e. The van der Waals surface area contributed by atoms with Crippen LogP contribution < -0.4 is 10.6 Å². The van der Waals surface area contributed by atoms with Gasteiger partial charge < -0.3 is 10.6 Å². The average molecular weight is 427 g/mol. The molecule has 2 aromatic heterocycles. The van der Waals surface area contributed by atoms with E-state index in [1.807, 2.05) is 37.6 Å². The maximum absolute atomic E-state index is 6.58. The minimum absolute atomic E-state index is 0.0675. The van der Waals surface area contributed by atoms with Crippen LogP contribution in [0.5, 0.6) is 0 Å². The summed E-state index contributed by atoms with van der Waals surface area (Å²) in [4.78, 5) is 12.7. The molecule has 0 amide bonds. The van der Waals surface area contributed by atoms with E-state index in [0.29, 0.717) is 0 Å². The van der Waals surface area contributed by atoms with Gasteiger partial charge in [-0.1, -0.05) is 29.4 Å². The molecular weight excluding hydrogens is 404 g/mol. The molecular formula is C21H23ClN6S. The van der Waals surface area contributed by atoms with Crippen molar-refractivity contribution in [3.05, 3.63) is 59.1 Å². The van der Waals surface area contributed by atoms with Crippen molar-refractivity contribution in [3.8, 4) is 0 Å². The number of benzene rings is 1. The fraction of sp³-hybridized carbons (Fsp3) is 0.381. The molecule has 1 spiro atoms. The molecule has 0 radical (unpaired) electrons. The van der Waals surface area contributed by atoms with Crippen LogP contribution >= 0.6 is 23.4 Å². The Morgan fingerprint density at radius 1 is 1.17 bits per heavy atom. The zero-order valence-electron chi connectivity index (χ0n) is 16.3. The Kier molecular flexibility index (Phi) is 4.76. The summed E-state index contributed by atoms with van der Waals surface area (Å²) in [7, 11) is 0. The normalized spacial score (nSPS) is 20.2. The molecule has 1 atom stereocenters. The van der Waals surface area contributed by atoms with Gasteiger partial charge in [0.25, 0.3) is 0 Å². The maximum atomic E-state index is 6.58. The van der Waals surface area contributed by atoms with Gasteiger partial charge in [-0.15, -0.1) is 0 Å². The van der Waals surface area contributed by atoms with Crippen molar-refractivity contribution in [1.82, 2.24) is 19.7 Å². The molecule has 29 heavy (non-hydrogen) atoms. The van der Waals surface area contributed by atoms with Crippen LogP contribution in [-0.2, 0) is 6.54 Å². The first-order valence-corrected chi connectivity index (χ1v) is 11.0. The molecule has 1 fully saturated rings. The van der Waals surface area contributed by atoms with Gasteiger partial charge in [0.2, 0.25) is 0 Å². The number of aromatic nitrogens is 4. The summed E-state index contributed by atoms with van der Waals surface area (Å²) in [5.74, 6) is 0.927. The molecule has 3 aromatic rings. The molecule has 1 aromatic carbocycles. The van der Waals surface area contributed by atoms with E-state index in [0.717, 1.165) is 64.5 Å². The van der Waals surface area contributed by atoms with E-state index in [-0.39, 0.29) is 11.5 Å². The summed E-state index contributed by atoms with van der Waals surface area (Å²) >= 11 is 7.81. The number of piperidine rings is 1. The summed E-state index contributed by atoms with van der Waals surface area (Å²) in [6.45, 7) is 4.82. The molecule has 2 aliphatic rings. The lowest BCUT2D eigenvalue weighted by atomic mass is 9.73. The lowest BCUT2D eigenvalue weighted by Gasteiger charge is -2.41. The first-order chi connectivity index (χ1) is 14.1. The Morgan fingerprint density at radius 2 is 2.00 bits per heavy atom. The predicted molar refractivity (Wildman–Crippen MR) is 115 cm³/mol. The average Bonchev–Trinajstić information content (AvgIpc) is 3.28. The van der Waals surface area contributed by atoms with Gasteiger partial charge in [0.15, 0.2) is 0 Å². The van der Waals surface area contributed by atoms with Crippen LogP contribution in [0.25, 0.3) is 0 Å². The van der Waals surface area contributed by atoms with Crippen LogP contribution in [0.3, 0.4) is 0 Å². The highest BCUT2D eigenvalue weighted by atomic mass is 35.5. The van der Waals surface area contributed by atoms with Crippen LogP contribution in [0.15, 0.2) is 52.8 Å². The number of halogens is 1. The van der Waals surface area contributed by atoms with E-state index in [1.54, 1.807) is 11.8 Å². The Hall–Kier alpha value is -2.09. The second kappa shape index (κ2) is 7.31. The summed E-state index contributed by atoms with van der Waals surface area (Å²) < 4.78 is 2.07. The largest absolute Gasteiger partial charge is 0.355 e. The Morgan fingerprint density at radius 3 is 2.72 bits per heavy atom. The molecule has 6 nitrogen and oxygen atoms in total. The zero-order chi connectivity index (χ0) is 20.0. The number of nitrogens with two attached hydrogens (primary N) is 1. The lowest BCUT2D eigenvalue weighted by Crippen LogP contribution is -2.45. The summed E-state index contributed by atoms with van der Waals surface area (Å²) in [5.41, 5.74) is 8.93. The Bertz CT molecular complexity index is 1030. The van der Waals surface area contributed by atoms with Gasteiger partial charge in [0.1, 0.15) is 10.8 Å². The molecule has 8 heteroatoms. The second-order valence-electron chi connectivity index (χ2n) is 7.92. The molecule has 2 aliphatic heterocycles. The van der Waals surface area contributed by atoms with Crippen LogP contribution in [0.4, 0.5) is 5.82 Å². The van der Waals surface area contributed by atoms with Gasteiger partial charge in [-0.05, 0) is 43.5 Å². The van der Waals surface area contributed by atoms with E-state index >= 15 is 0 Å². The van der Waals surface area contributed by atoms with Crippen molar-refractivity contribution in [2.24, 2.45) is 11.1 Å². The molecule has 4 heterocycles. The van der Waals surface area contributed by atoms with Crippen LogP contribution in [0, 0.1) is 12.3 Å². The van der Waals surface area contributed by atoms with Crippen molar-refractivity contribution in [3.63, 3.8) is 0 Å². The molecule has 0 unspecified atom stereocenters. The highest BCUT2D eigenvalue weighted by Gasteiger charge is 2.46. The number of anilines is 1. The van der Waals surface area contributed by atoms with Crippen molar-refractivity contribution in [2.75, 3.05) is 18.0 Å². The van der Waals surface area contributed by atoms with Crippen molar-refractivity contribution in [1.29, 1.82) is 0 Å². The van der Waals surface area contributed by atoms with Gasteiger partial charge in [-0.3, -0.25) is 4.68 Å². The minimum Gasteiger partial charge on any atom is -0.355 e. The number of rotatable bonds is 3. The van der Waals surface area contributed by atoms with Gasteiger partial charge in [0.05, 0.1) is 24.1 Å². The smallest absolute Gasteiger partial charge is 0.147 e. The number of nitrogens with zero attached hydrogens (tertiary/aromatic N) is 5. The molecule has 0 aliphatic carbocycles. The van der Waals surface area contributed by atoms with Gasteiger partial charge in [-0.2, -0.15) is 5.10 Å². The van der Waals surface area contributed by atoms with E-state index in [2.05, 4.69) is 36.8 Å². The lowest BCUT2D eigenvalue weighted by molar-refractivity contribution is 0.170. The van der Waals surface area contributed by atoms with Crippen molar-refractivity contribution < 1.29 is 0 Å². The third-order valence-electron chi connectivity index (χ3n) is 6.32. The van der Waals surface area contributed by atoms with Gasteiger partial charge in [0, 0.05) is 41.2 Å². The molecule has 0 bridgehead atoms. The Balaban J connectivity index is 1.25. The predicted octanol–water partition coefficient (Wildman–Crippen LogP) is 4.09. The van der Waals surface area contributed by atoms with E-state index in [9.17, 15) is 0 Å². The Labute approximate surface area is 179 Å². The number of fused-ring (bicyclic) bond motifs is 1. The molecule has 5 rings (SSSR count). The molecule has 2 N–H and O–H groups in total.